The molecule has 0 aromatic heterocycles. The van der Waals surface area contributed by atoms with Gasteiger partial charge in [-0.15, -0.1) is 0 Å². The van der Waals surface area contributed by atoms with E-state index in [1.165, 1.54) is 30.3 Å². The first-order valence-corrected chi connectivity index (χ1v) is 11.5. The number of rotatable bonds is 5. The highest BCUT2D eigenvalue weighted by atomic mass is 32.2. The topological polar surface area (TPSA) is 75.3 Å². The molecule has 5 nitrogen and oxygen atoms in total. The smallest absolute Gasteiger partial charge is 0.381 e. The minimum atomic E-state index is -4.56. The van der Waals surface area contributed by atoms with Crippen LogP contribution in [0.15, 0.2) is 47.4 Å². The second kappa shape index (κ2) is 8.67. The standard InChI is InChI=1S/C21H23F3N2O3S/c1-30(28,29)17-9-5-6-14(12-17)20(27)26-19-13-15(21(22,23)24)10-11-18(19)25-16-7-3-2-4-8-16/h5-6,9-13,16,25H,2-4,7-8H2,1H3,(H,26,27). The lowest BCUT2D eigenvalue weighted by atomic mass is 9.95. The van der Waals surface area contributed by atoms with Gasteiger partial charge in [-0.05, 0) is 49.2 Å². The van der Waals surface area contributed by atoms with Crippen molar-refractivity contribution in [2.75, 3.05) is 16.9 Å². The molecule has 1 aliphatic rings. The van der Waals surface area contributed by atoms with E-state index in [-0.39, 0.29) is 22.2 Å². The number of halogens is 3. The summed E-state index contributed by atoms with van der Waals surface area (Å²) in [4.78, 5) is 12.6. The van der Waals surface area contributed by atoms with Gasteiger partial charge in [-0.3, -0.25) is 4.79 Å². The minimum Gasteiger partial charge on any atom is -0.381 e. The monoisotopic (exact) mass is 440 g/mol. The van der Waals surface area contributed by atoms with E-state index in [1.807, 2.05) is 0 Å². The van der Waals surface area contributed by atoms with Gasteiger partial charge in [-0.1, -0.05) is 25.3 Å². The summed E-state index contributed by atoms with van der Waals surface area (Å²) in [5.41, 5.74) is -0.427. The van der Waals surface area contributed by atoms with Crippen LogP contribution in [0, 0.1) is 0 Å². The maximum absolute atomic E-state index is 13.2. The number of hydrogen-bond donors (Lipinski definition) is 2. The third-order valence-electron chi connectivity index (χ3n) is 5.08. The predicted octanol–water partition coefficient (Wildman–Crippen LogP) is 5.11. The first kappa shape index (κ1) is 22.1. The van der Waals surface area contributed by atoms with Crippen molar-refractivity contribution in [2.45, 2.75) is 49.2 Å². The number of amides is 1. The van der Waals surface area contributed by atoms with Crippen LogP contribution < -0.4 is 10.6 Å². The van der Waals surface area contributed by atoms with E-state index < -0.39 is 27.5 Å². The quantitative estimate of drug-likeness (QED) is 0.678. The van der Waals surface area contributed by atoms with Crippen LogP contribution >= 0.6 is 0 Å². The average molecular weight is 440 g/mol. The summed E-state index contributed by atoms with van der Waals surface area (Å²) in [5.74, 6) is -0.688. The molecule has 1 saturated carbocycles. The summed E-state index contributed by atoms with van der Waals surface area (Å²) in [6.07, 6.45) is 1.49. The van der Waals surface area contributed by atoms with Crippen molar-refractivity contribution < 1.29 is 26.4 Å². The Kier molecular flexibility index (Phi) is 6.40. The second-order valence-corrected chi connectivity index (χ2v) is 9.51. The Balaban J connectivity index is 1.91. The first-order chi connectivity index (χ1) is 14.0. The summed E-state index contributed by atoms with van der Waals surface area (Å²) < 4.78 is 63.1. The van der Waals surface area contributed by atoms with Crippen molar-refractivity contribution >= 4 is 27.1 Å². The summed E-state index contributed by atoms with van der Waals surface area (Å²) in [5, 5.41) is 5.75. The lowest BCUT2D eigenvalue weighted by Crippen LogP contribution is -2.24. The van der Waals surface area contributed by atoms with Crippen LogP contribution in [0.5, 0.6) is 0 Å². The van der Waals surface area contributed by atoms with Crippen molar-refractivity contribution in [1.82, 2.24) is 0 Å². The summed E-state index contributed by atoms with van der Waals surface area (Å²) >= 11 is 0. The normalized spacial score (nSPS) is 15.6. The number of sulfone groups is 1. The van der Waals surface area contributed by atoms with E-state index in [1.54, 1.807) is 0 Å². The lowest BCUT2D eigenvalue weighted by Gasteiger charge is -2.25. The molecule has 3 rings (SSSR count). The molecule has 2 N–H and O–H groups in total. The molecular formula is C21H23F3N2O3S. The Labute approximate surface area is 173 Å². The Hall–Kier alpha value is -2.55. The van der Waals surface area contributed by atoms with Crippen molar-refractivity contribution in [3.63, 3.8) is 0 Å². The number of anilines is 2. The van der Waals surface area contributed by atoms with Gasteiger partial charge in [0.15, 0.2) is 9.84 Å². The Morgan fingerprint density at radius 2 is 1.70 bits per heavy atom. The van der Waals surface area contributed by atoms with Crippen LogP contribution in [0.25, 0.3) is 0 Å². The molecule has 0 aliphatic heterocycles. The second-order valence-electron chi connectivity index (χ2n) is 7.49. The zero-order valence-electron chi connectivity index (χ0n) is 16.4. The van der Waals surface area contributed by atoms with E-state index >= 15 is 0 Å². The molecule has 2 aromatic carbocycles. The van der Waals surface area contributed by atoms with E-state index in [9.17, 15) is 26.4 Å². The lowest BCUT2D eigenvalue weighted by molar-refractivity contribution is -0.137. The number of nitrogens with one attached hydrogen (secondary N) is 2. The predicted molar refractivity (Wildman–Crippen MR) is 109 cm³/mol. The molecule has 162 valence electrons. The molecule has 0 heterocycles. The highest BCUT2D eigenvalue weighted by Crippen LogP contribution is 2.35. The van der Waals surface area contributed by atoms with Gasteiger partial charge < -0.3 is 10.6 Å². The van der Waals surface area contributed by atoms with Crippen molar-refractivity contribution in [3.8, 4) is 0 Å². The van der Waals surface area contributed by atoms with Crippen molar-refractivity contribution in [1.29, 1.82) is 0 Å². The highest BCUT2D eigenvalue weighted by molar-refractivity contribution is 7.90. The van der Waals surface area contributed by atoms with Crippen LogP contribution in [-0.2, 0) is 16.0 Å². The van der Waals surface area contributed by atoms with Crippen LogP contribution in [0.1, 0.15) is 48.0 Å². The van der Waals surface area contributed by atoms with Gasteiger partial charge in [-0.2, -0.15) is 13.2 Å². The minimum absolute atomic E-state index is 0.00478. The van der Waals surface area contributed by atoms with Crippen LogP contribution in [0.3, 0.4) is 0 Å². The number of benzene rings is 2. The van der Waals surface area contributed by atoms with Gasteiger partial charge in [0.1, 0.15) is 0 Å². The van der Waals surface area contributed by atoms with Gasteiger partial charge >= 0.3 is 6.18 Å². The fourth-order valence-electron chi connectivity index (χ4n) is 3.48. The van der Waals surface area contributed by atoms with E-state index in [4.69, 9.17) is 0 Å². The van der Waals surface area contributed by atoms with Gasteiger partial charge in [0.25, 0.3) is 5.91 Å². The number of hydrogen-bond acceptors (Lipinski definition) is 4. The van der Waals surface area contributed by atoms with Crippen LogP contribution in [0.4, 0.5) is 24.5 Å². The summed E-state index contributed by atoms with van der Waals surface area (Å²) in [7, 11) is -3.53. The van der Waals surface area contributed by atoms with E-state index in [0.29, 0.717) is 5.69 Å². The molecular weight excluding hydrogens is 417 g/mol. The van der Waals surface area contributed by atoms with Crippen molar-refractivity contribution in [2.24, 2.45) is 0 Å². The molecule has 0 spiro atoms. The Bertz CT molecular complexity index is 1030. The molecule has 30 heavy (non-hydrogen) atoms. The maximum atomic E-state index is 13.2. The molecule has 1 fully saturated rings. The van der Waals surface area contributed by atoms with Gasteiger partial charge in [-0.25, -0.2) is 8.42 Å². The molecule has 0 bridgehead atoms. The molecule has 0 unspecified atom stereocenters. The number of alkyl halides is 3. The van der Waals surface area contributed by atoms with Crippen LogP contribution in [-0.4, -0.2) is 26.6 Å². The van der Waals surface area contributed by atoms with Gasteiger partial charge in [0.2, 0.25) is 0 Å². The Morgan fingerprint density at radius 3 is 2.33 bits per heavy atom. The Morgan fingerprint density at radius 1 is 1.00 bits per heavy atom. The fraction of sp³-hybridized carbons (Fsp3) is 0.381. The van der Waals surface area contributed by atoms with Gasteiger partial charge in [0, 0.05) is 17.9 Å². The zero-order valence-corrected chi connectivity index (χ0v) is 17.2. The zero-order chi connectivity index (χ0) is 21.9. The van der Waals surface area contributed by atoms with E-state index in [0.717, 1.165) is 50.5 Å². The third-order valence-corrected chi connectivity index (χ3v) is 6.19. The van der Waals surface area contributed by atoms with Crippen LogP contribution in [0.2, 0.25) is 0 Å². The third kappa shape index (κ3) is 5.53. The molecule has 0 saturated heterocycles. The first-order valence-electron chi connectivity index (χ1n) is 9.63. The molecule has 0 atom stereocenters. The SMILES string of the molecule is CS(=O)(=O)c1cccc(C(=O)Nc2cc(C(F)(F)F)ccc2NC2CCCCC2)c1. The molecule has 1 aliphatic carbocycles. The average Bonchev–Trinajstić information content (AvgIpc) is 2.68. The van der Waals surface area contributed by atoms with Crippen molar-refractivity contribution in [3.05, 3.63) is 53.6 Å². The molecule has 2 aromatic rings. The highest BCUT2D eigenvalue weighted by Gasteiger charge is 2.31. The van der Waals surface area contributed by atoms with Gasteiger partial charge in [0.05, 0.1) is 21.8 Å². The molecule has 0 radical (unpaired) electrons. The summed E-state index contributed by atoms with van der Waals surface area (Å²) in [6, 6.07) is 8.69. The number of carbonyl (C=O) groups excluding carboxylic acids is 1. The molecule has 9 heteroatoms. The fourth-order valence-corrected chi connectivity index (χ4v) is 4.15. The summed E-state index contributed by atoms with van der Waals surface area (Å²) in [6.45, 7) is 0. The number of carbonyl (C=O) groups is 1. The molecule has 1 amide bonds. The maximum Gasteiger partial charge on any atom is 0.416 e. The van der Waals surface area contributed by atoms with E-state index in [2.05, 4.69) is 10.6 Å². The largest absolute Gasteiger partial charge is 0.416 e.